The van der Waals surface area contributed by atoms with E-state index in [-0.39, 0.29) is 18.9 Å². The first-order chi connectivity index (χ1) is 10.6. The first-order valence-electron chi connectivity index (χ1n) is 6.99. The fraction of sp³-hybridized carbons (Fsp3) is 0.571. The SMILES string of the molecule is CC12OCC(c3ccccc3)C(CC1OS(=O)(=O)C(F)(F)F)O2. The molecule has 5 nitrogen and oxygen atoms in total. The second-order valence-corrected chi connectivity index (χ2v) is 7.28. The predicted molar refractivity (Wildman–Crippen MR) is 72.9 cm³/mol. The van der Waals surface area contributed by atoms with Crippen molar-refractivity contribution >= 4 is 10.1 Å². The lowest BCUT2D eigenvalue weighted by Gasteiger charge is -2.37. The lowest BCUT2D eigenvalue weighted by Crippen LogP contribution is -2.46. The van der Waals surface area contributed by atoms with E-state index in [0.29, 0.717) is 0 Å². The van der Waals surface area contributed by atoms with Crippen molar-refractivity contribution < 1.29 is 35.2 Å². The third kappa shape index (κ3) is 2.98. The molecular formula is C14H15F3O5S. The van der Waals surface area contributed by atoms with Crippen molar-refractivity contribution in [3.8, 4) is 0 Å². The summed E-state index contributed by atoms with van der Waals surface area (Å²) in [6.45, 7) is 1.61. The smallest absolute Gasteiger partial charge is 0.347 e. The Kier molecular flexibility index (Phi) is 3.95. The summed E-state index contributed by atoms with van der Waals surface area (Å²) in [5.41, 5.74) is -4.56. The second-order valence-electron chi connectivity index (χ2n) is 5.72. The number of halogens is 3. The van der Waals surface area contributed by atoms with Crippen LogP contribution >= 0.6 is 0 Å². The molecule has 2 aliphatic rings. The summed E-state index contributed by atoms with van der Waals surface area (Å²) in [6.07, 6.45) is -1.80. The second kappa shape index (κ2) is 5.44. The van der Waals surface area contributed by atoms with E-state index in [0.717, 1.165) is 5.56 Å². The molecule has 0 spiro atoms. The van der Waals surface area contributed by atoms with Crippen molar-refractivity contribution in [1.82, 2.24) is 0 Å². The van der Waals surface area contributed by atoms with Crippen LogP contribution in [0.15, 0.2) is 30.3 Å². The van der Waals surface area contributed by atoms with Gasteiger partial charge >= 0.3 is 15.6 Å². The van der Waals surface area contributed by atoms with Gasteiger partial charge in [0, 0.05) is 12.3 Å². The van der Waals surface area contributed by atoms with Crippen LogP contribution in [-0.4, -0.2) is 38.5 Å². The van der Waals surface area contributed by atoms with Crippen LogP contribution in [0.25, 0.3) is 0 Å². The van der Waals surface area contributed by atoms with Crippen molar-refractivity contribution in [1.29, 1.82) is 0 Å². The van der Waals surface area contributed by atoms with E-state index in [1.54, 1.807) is 0 Å². The van der Waals surface area contributed by atoms with E-state index < -0.39 is 33.6 Å². The Morgan fingerprint density at radius 3 is 2.52 bits per heavy atom. The molecule has 0 aliphatic carbocycles. The summed E-state index contributed by atoms with van der Waals surface area (Å²) in [5, 5.41) is 0. The van der Waals surface area contributed by atoms with Gasteiger partial charge in [-0.1, -0.05) is 30.3 Å². The maximum Gasteiger partial charge on any atom is 0.523 e. The molecule has 1 aromatic rings. The molecule has 4 unspecified atom stereocenters. The highest BCUT2D eigenvalue weighted by atomic mass is 32.2. The average Bonchev–Trinajstić information content (AvgIpc) is 2.69. The van der Waals surface area contributed by atoms with Gasteiger partial charge in [0.05, 0.1) is 12.7 Å². The molecule has 2 saturated heterocycles. The van der Waals surface area contributed by atoms with Crippen LogP contribution < -0.4 is 0 Å². The van der Waals surface area contributed by atoms with Crippen molar-refractivity contribution in [3.05, 3.63) is 35.9 Å². The normalized spacial score (nSPS) is 34.5. The lowest BCUT2D eigenvalue weighted by atomic mass is 9.92. The molecular weight excluding hydrogens is 337 g/mol. The molecule has 4 atom stereocenters. The van der Waals surface area contributed by atoms with Crippen molar-refractivity contribution in [2.75, 3.05) is 6.61 Å². The Morgan fingerprint density at radius 2 is 1.91 bits per heavy atom. The molecule has 3 rings (SSSR count). The van der Waals surface area contributed by atoms with Gasteiger partial charge in [-0.2, -0.15) is 21.6 Å². The molecule has 2 heterocycles. The highest BCUT2D eigenvalue weighted by Gasteiger charge is 2.58. The van der Waals surface area contributed by atoms with Crippen LogP contribution in [0.4, 0.5) is 13.2 Å². The van der Waals surface area contributed by atoms with Gasteiger partial charge in [-0.15, -0.1) is 0 Å². The maximum atomic E-state index is 12.5. The predicted octanol–water partition coefficient (Wildman–Crippen LogP) is 2.54. The van der Waals surface area contributed by atoms with Gasteiger partial charge in [0.15, 0.2) is 5.79 Å². The molecule has 0 aromatic heterocycles. The van der Waals surface area contributed by atoms with Gasteiger partial charge in [0.1, 0.15) is 6.10 Å². The molecule has 0 amide bonds. The summed E-state index contributed by atoms with van der Waals surface area (Å²) in [6, 6.07) is 9.23. The van der Waals surface area contributed by atoms with Crippen LogP contribution in [0.1, 0.15) is 24.8 Å². The van der Waals surface area contributed by atoms with Crippen LogP contribution in [0.5, 0.6) is 0 Å². The van der Waals surface area contributed by atoms with Crippen molar-refractivity contribution in [3.63, 3.8) is 0 Å². The van der Waals surface area contributed by atoms with Crippen molar-refractivity contribution in [2.45, 2.75) is 42.8 Å². The number of fused-ring (bicyclic) bond motifs is 2. The summed E-state index contributed by atoms with van der Waals surface area (Å²) < 4.78 is 75.5. The van der Waals surface area contributed by atoms with Gasteiger partial charge in [-0.3, -0.25) is 4.18 Å². The van der Waals surface area contributed by atoms with Crippen molar-refractivity contribution in [2.24, 2.45) is 0 Å². The zero-order chi connectivity index (χ0) is 16.9. The molecule has 0 saturated carbocycles. The molecule has 23 heavy (non-hydrogen) atoms. The van der Waals surface area contributed by atoms with E-state index in [1.165, 1.54) is 6.92 Å². The Morgan fingerprint density at radius 1 is 1.26 bits per heavy atom. The van der Waals surface area contributed by atoms with Crippen LogP contribution in [0.2, 0.25) is 0 Å². The van der Waals surface area contributed by atoms with E-state index in [4.69, 9.17) is 9.47 Å². The van der Waals surface area contributed by atoms with Gasteiger partial charge in [0.25, 0.3) is 0 Å². The summed E-state index contributed by atoms with van der Waals surface area (Å²) in [5.74, 6) is -1.69. The number of alkyl halides is 3. The lowest BCUT2D eigenvalue weighted by molar-refractivity contribution is -0.276. The zero-order valence-corrected chi connectivity index (χ0v) is 12.9. The molecule has 2 fully saturated rings. The number of rotatable bonds is 3. The highest BCUT2D eigenvalue weighted by Crippen LogP contribution is 2.46. The molecule has 2 bridgehead atoms. The molecule has 1 aromatic carbocycles. The van der Waals surface area contributed by atoms with E-state index in [2.05, 4.69) is 4.18 Å². The number of ether oxygens (including phenoxy) is 2. The Bertz CT molecular complexity index is 675. The third-order valence-corrected chi connectivity index (χ3v) is 5.22. The van der Waals surface area contributed by atoms with Gasteiger partial charge in [0.2, 0.25) is 0 Å². The fourth-order valence-electron chi connectivity index (χ4n) is 2.93. The first kappa shape index (κ1) is 16.7. The maximum absolute atomic E-state index is 12.5. The Labute approximate surface area is 131 Å². The Hall–Kier alpha value is -1.16. The van der Waals surface area contributed by atoms with E-state index >= 15 is 0 Å². The highest BCUT2D eigenvalue weighted by molar-refractivity contribution is 7.87. The summed E-state index contributed by atoms with van der Waals surface area (Å²) in [7, 11) is -5.70. The van der Waals surface area contributed by atoms with Gasteiger partial charge in [-0.25, -0.2) is 0 Å². The minimum absolute atomic E-state index is 0.00533. The fourth-order valence-corrected chi connectivity index (χ4v) is 3.60. The quantitative estimate of drug-likeness (QED) is 0.618. The zero-order valence-electron chi connectivity index (χ0n) is 12.1. The minimum atomic E-state index is -5.70. The largest absolute Gasteiger partial charge is 0.523 e. The van der Waals surface area contributed by atoms with Crippen LogP contribution in [-0.2, 0) is 23.8 Å². The number of benzene rings is 1. The van der Waals surface area contributed by atoms with Gasteiger partial charge < -0.3 is 9.47 Å². The molecule has 9 heteroatoms. The third-order valence-electron chi connectivity index (χ3n) is 4.17. The number of hydrogen-bond acceptors (Lipinski definition) is 5. The monoisotopic (exact) mass is 352 g/mol. The average molecular weight is 352 g/mol. The molecule has 0 N–H and O–H groups in total. The molecule has 128 valence electrons. The van der Waals surface area contributed by atoms with E-state index in [1.807, 2.05) is 30.3 Å². The topological polar surface area (TPSA) is 61.8 Å². The molecule has 2 aliphatic heterocycles. The standard InChI is InChI=1S/C14H15F3O5S/c1-13-12(22-23(18,19)14(15,16)17)7-11(21-13)10(8-20-13)9-5-3-2-4-6-9/h2-6,10-12H,7-8H2,1H3. The van der Waals surface area contributed by atoms with Crippen LogP contribution in [0.3, 0.4) is 0 Å². The van der Waals surface area contributed by atoms with E-state index in [9.17, 15) is 21.6 Å². The first-order valence-corrected chi connectivity index (χ1v) is 8.39. The summed E-state index contributed by atoms with van der Waals surface area (Å²) in [4.78, 5) is 0. The Balaban J connectivity index is 1.80. The molecule has 0 radical (unpaired) electrons. The van der Waals surface area contributed by atoms with Crippen LogP contribution in [0, 0.1) is 0 Å². The van der Waals surface area contributed by atoms with Gasteiger partial charge in [-0.05, 0) is 12.5 Å². The minimum Gasteiger partial charge on any atom is -0.347 e. The summed E-state index contributed by atoms with van der Waals surface area (Å²) >= 11 is 0. The number of hydrogen-bond donors (Lipinski definition) is 0.